The van der Waals surface area contributed by atoms with Crippen molar-refractivity contribution < 1.29 is 4.42 Å². The minimum Gasteiger partial charge on any atom is -0.455 e. The predicted octanol–water partition coefficient (Wildman–Crippen LogP) is 17.7. The number of hydrogen-bond donors (Lipinski definition) is 0. The van der Waals surface area contributed by atoms with E-state index in [1.54, 1.807) is 0 Å². The van der Waals surface area contributed by atoms with Gasteiger partial charge in [-0.2, -0.15) is 0 Å². The van der Waals surface area contributed by atoms with Crippen molar-refractivity contribution in [1.82, 2.24) is 0 Å². The van der Waals surface area contributed by atoms with Crippen LogP contribution in [0.25, 0.3) is 99.1 Å². The molecular weight excluding hydrogens is 775 g/mol. The highest BCUT2D eigenvalue weighted by Crippen LogP contribution is 2.53. The molecule has 1 aromatic heterocycles. The summed E-state index contributed by atoms with van der Waals surface area (Å²) in [7, 11) is 0. The second-order valence-electron chi connectivity index (χ2n) is 16.4. The van der Waals surface area contributed by atoms with Crippen LogP contribution >= 0.6 is 0 Å². The van der Waals surface area contributed by atoms with E-state index in [1.807, 2.05) is 6.07 Å². The molecule has 12 aromatic rings. The topological polar surface area (TPSA) is 16.4 Å². The smallest absolute Gasteiger partial charge is 0.143 e. The molecular formula is C62H41NO. The average molecular weight is 816 g/mol. The zero-order valence-electron chi connectivity index (χ0n) is 35.0. The zero-order valence-corrected chi connectivity index (χ0v) is 35.0. The number of hydrogen-bond acceptors (Lipinski definition) is 2. The Kier molecular flexibility index (Phi) is 9.20. The monoisotopic (exact) mass is 815 g/mol. The highest BCUT2D eigenvalue weighted by atomic mass is 16.3. The van der Waals surface area contributed by atoms with Crippen molar-refractivity contribution in [2.75, 3.05) is 4.90 Å². The molecule has 2 heteroatoms. The first-order chi connectivity index (χ1) is 31.8. The first kappa shape index (κ1) is 37.3. The summed E-state index contributed by atoms with van der Waals surface area (Å²) in [5.41, 5.74) is 16.4. The molecule has 0 atom stereocenters. The van der Waals surface area contributed by atoms with Crippen molar-refractivity contribution in [3.8, 4) is 55.6 Å². The van der Waals surface area contributed by atoms with Crippen molar-refractivity contribution in [3.05, 3.63) is 249 Å². The summed E-state index contributed by atoms with van der Waals surface area (Å²) in [6.45, 7) is 0. The molecule has 300 valence electrons. The first-order valence-corrected chi connectivity index (χ1v) is 21.9. The third-order valence-corrected chi connectivity index (χ3v) is 12.7. The molecule has 0 N–H and O–H groups in total. The Morgan fingerprint density at radius 3 is 1.55 bits per heavy atom. The van der Waals surface area contributed by atoms with E-state index in [0.29, 0.717) is 0 Å². The molecule has 0 bridgehead atoms. The quantitative estimate of drug-likeness (QED) is 0.142. The Morgan fingerprint density at radius 2 is 0.797 bits per heavy atom. The third-order valence-electron chi connectivity index (χ3n) is 12.7. The fourth-order valence-corrected chi connectivity index (χ4v) is 9.77. The van der Waals surface area contributed by atoms with E-state index in [1.165, 1.54) is 38.4 Å². The number of nitrogens with zero attached hydrogens (tertiary/aromatic N) is 1. The van der Waals surface area contributed by atoms with Gasteiger partial charge in [-0.1, -0.05) is 218 Å². The van der Waals surface area contributed by atoms with E-state index in [0.717, 1.165) is 77.8 Å². The van der Waals surface area contributed by atoms with Gasteiger partial charge >= 0.3 is 0 Å². The van der Waals surface area contributed by atoms with Crippen LogP contribution in [-0.4, -0.2) is 0 Å². The Bertz CT molecular complexity index is 3660. The van der Waals surface area contributed by atoms with Gasteiger partial charge in [0, 0.05) is 38.5 Å². The maximum absolute atomic E-state index is 6.78. The summed E-state index contributed by atoms with van der Waals surface area (Å²) in [5, 5.41) is 6.97. The van der Waals surface area contributed by atoms with Crippen molar-refractivity contribution in [1.29, 1.82) is 0 Å². The van der Waals surface area contributed by atoms with Crippen LogP contribution < -0.4 is 4.90 Å². The van der Waals surface area contributed by atoms with Gasteiger partial charge in [0.15, 0.2) is 0 Å². The average Bonchev–Trinajstić information content (AvgIpc) is 3.77. The molecule has 0 unspecified atom stereocenters. The third kappa shape index (κ3) is 6.35. The molecule has 11 aromatic carbocycles. The summed E-state index contributed by atoms with van der Waals surface area (Å²) in [6, 6.07) is 89.8. The molecule has 0 aliphatic heterocycles. The van der Waals surface area contributed by atoms with Crippen LogP contribution in [0.5, 0.6) is 0 Å². The van der Waals surface area contributed by atoms with Crippen LogP contribution in [-0.2, 0) is 0 Å². The Labute approximate surface area is 372 Å². The van der Waals surface area contributed by atoms with Crippen LogP contribution in [0.15, 0.2) is 253 Å². The maximum atomic E-state index is 6.78. The number of anilines is 3. The van der Waals surface area contributed by atoms with Crippen molar-refractivity contribution >= 4 is 60.5 Å². The molecule has 0 saturated carbocycles. The van der Waals surface area contributed by atoms with Gasteiger partial charge in [0.1, 0.15) is 11.2 Å². The van der Waals surface area contributed by atoms with Crippen molar-refractivity contribution in [3.63, 3.8) is 0 Å². The molecule has 0 radical (unpaired) electrons. The molecule has 64 heavy (non-hydrogen) atoms. The van der Waals surface area contributed by atoms with Gasteiger partial charge < -0.3 is 9.32 Å². The van der Waals surface area contributed by atoms with Crippen LogP contribution in [0.3, 0.4) is 0 Å². The molecule has 12 rings (SSSR count). The van der Waals surface area contributed by atoms with Crippen LogP contribution in [0.2, 0.25) is 0 Å². The van der Waals surface area contributed by atoms with Gasteiger partial charge in [-0.05, 0) is 85.4 Å². The molecule has 0 spiro atoms. The standard InChI is InChI=1S/C62H41NO/c1-4-20-42(21-5-1)45-26-18-27-46(40-45)60-53-32-12-10-28-49(53)50-29-11-13-33-54(50)61(60)63(47-38-39-48(43-22-6-2-7-23-43)57(41-47)44-24-8-3-9-25-44)58-36-16-14-30-51(58)55-34-19-35-56-52-31-15-17-37-59(52)64-62(55)56/h1-41H. The van der Waals surface area contributed by atoms with E-state index < -0.39 is 0 Å². The second-order valence-corrected chi connectivity index (χ2v) is 16.4. The minimum absolute atomic E-state index is 0.875. The lowest BCUT2D eigenvalue weighted by Crippen LogP contribution is -2.14. The molecule has 0 fully saturated rings. The summed E-state index contributed by atoms with van der Waals surface area (Å²) < 4.78 is 6.78. The lowest BCUT2D eigenvalue weighted by molar-refractivity contribution is 0.670. The highest BCUT2D eigenvalue weighted by molar-refractivity contribution is 6.23. The van der Waals surface area contributed by atoms with E-state index >= 15 is 0 Å². The zero-order chi connectivity index (χ0) is 42.4. The Balaban J connectivity index is 1.22. The van der Waals surface area contributed by atoms with Gasteiger partial charge in [0.25, 0.3) is 0 Å². The van der Waals surface area contributed by atoms with Gasteiger partial charge in [0.05, 0.1) is 11.4 Å². The Hall–Kier alpha value is -8.46. The summed E-state index contributed by atoms with van der Waals surface area (Å²) in [4.78, 5) is 2.53. The van der Waals surface area contributed by atoms with E-state index in [-0.39, 0.29) is 0 Å². The van der Waals surface area contributed by atoms with Crippen LogP contribution in [0.4, 0.5) is 17.1 Å². The molecule has 2 nitrogen and oxygen atoms in total. The fourth-order valence-electron chi connectivity index (χ4n) is 9.77. The van der Waals surface area contributed by atoms with E-state index in [2.05, 4.69) is 248 Å². The Morgan fingerprint density at radius 1 is 0.281 bits per heavy atom. The van der Waals surface area contributed by atoms with E-state index in [9.17, 15) is 0 Å². The fraction of sp³-hybridized carbons (Fsp3) is 0. The van der Waals surface area contributed by atoms with Gasteiger partial charge in [0.2, 0.25) is 0 Å². The number of para-hydroxylation sites is 3. The number of rotatable bonds is 8. The van der Waals surface area contributed by atoms with Crippen LogP contribution in [0.1, 0.15) is 0 Å². The van der Waals surface area contributed by atoms with Crippen molar-refractivity contribution in [2.45, 2.75) is 0 Å². The molecule has 0 amide bonds. The molecule has 1 heterocycles. The van der Waals surface area contributed by atoms with Crippen LogP contribution in [0, 0.1) is 0 Å². The maximum Gasteiger partial charge on any atom is 0.143 e. The number of furan rings is 1. The first-order valence-electron chi connectivity index (χ1n) is 21.9. The normalized spacial score (nSPS) is 11.4. The largest absolute Gasteiger partial charge is 0.455 e. The molecule has 0 saturated heterocycles. The van der Waals surface area contributed by atoms with Crippen molar-refractivity contribution in [2.24, 2.45) is 0 Å². The molecule has 0 aliphatic carbocycles. The van der Waals surface area contributed by atoms with Gasteiger partial charge in [-0.3, -0.25) is 0 Å². The lowest BCUT2D eigenvalue weighted by atomic mass is 9.88. The number of benzene rings is 11. The van der Waals surface area contributed by atoms with E-state index in [4.69, 9.17) is 4.42 Å². The highest BCUT2D eigenvalue weighted by Gasteiger charge is 2.27. The summed E-state index contributed by atoms with van der Waals surface area (Å²) >= 11 is 0. The minimum atomic E-state index is 0.875. The predicted molar refractivity (Wildman–Crippen MR) is 271 cm³/mol. The number of fused-ring (bicyclic) bond motifs is 6. The van der Waals surface area contributed by atoms with Gasteiger partial charge in [-0.15, -0.1) is 0 Å². The lowest BCUT2D eigenvalue weighted by Gasteiger charge is -2.33. The van der Waals surface area contributed by atoms with Gasteiger partial charge in [-0.25, -0.2) is 0 Å². The summed E-state index contributed by atoms with van der Waals surface area (Å²) in [5.74, 6) is 0. The SMILES string of the molecule is c1ccc(-c2cccc(-c3c(N(c4ccc(-c5ccccc5)c(-c5ccccc5)c4)c4ccccc4-c4cccc5c4oc4ccccc45)c4ccccc4c4ccccc34)c2)cc1. The molecule has 0 aliphatic rings. The second kappa shape index (κ2) is 15.8. The summed E-state index contributed by atoms with van der Waals surface area (Å²) in [6.07, 6.45) is 0.